The lowest BCUT2D eigenvalue weighted by Crippen LogP contribution is -2.30. The second kappa shape index (κ2) is 10.4. The third-order valence-corrected chi connectivity index (χ3v) is 8.66. The van der Waals surface area contributed by atoms with Gasteiger partial charge in [0, 0.05) is 37.3 Å². The molecule has 206 valence electrons. The van der Waals surface area contributed by atoms with Gasteiger partial charge in [-0.25, -0.2) is 18.4 Å². The first-order valence-electron chi connectivity index (χ1n) is 12.8. The van der Waals surface area contributed by atoms with E-state index in [2.05, 4.69) is 15.3 Å². The molecule has 0 spiro atoms. The quantitative estimate of drug-likeness (QED) is 0.389. The molecule has 6 rings (SSSR count). The van der Waals surface area contributed by atoms with Crippen molar-refractivity contribution in [1.82, 2.24) is 20.3 Å². The Morgan fingerprint density at radius 2 is 1.95 bits per heavy atom. The van der Waals surface area contributed by atoms with Gasteiger partial charge in [0.15, 0.2) is 21.4 Å². The minimum atomic E-state index is -3.51. The average molecular weight is 561 g/mol. The Morgan fingerprint density at radius 3 is 2.80 bits per heavy atom. The summed E-state index contributed by atoms with van der Waals surface area (Å²) in [4.78, 5) is 31.0. The van der Waals surface area contributed by atoms with Gasteiger partial charge < -0.3 is 24.6 Å². The average Bonchev–Trinajstić information content (AvgIpc) is 3.11. The fraction of sp³-hybridized carbons (Fsp3) is 0.286. The van der Waals surface area contributed by atoms with Gasteiger partial charge in [-0.15, -0.1) is 0 Å². The molecule has 1 N–H and O–H groups in total. The second-order valence-electron chi connectivity index (χ2n) is 9.82. The van der Waals surface area contributed by atoms with Gasteiger partial charge in [-0.05, 0) is 35.9 Å². The molecule has 0 saturated heterocycles. The first kappa shape index (κ1) is 26.0. The Bertz CT molecular complexity index is 1730. The first-order chi connectivity index (χ1) is 19.3. The van der Waals surface area contributed by atoms with Crippen LogP contribution in [0.2, 0.25) is 0 Å². The van der Waals surface area contributed by atoms with E-state index in [0.29, 0.717) is 36.0 Å². The largest absolute Gasteiger partial charge is 0.488 e. The molecule has 4 aromatic rings. The fourth-order valence-corrected chi connectivity index (χ4v) is 6.08. The minimum absolute atomic E-state index is 0.107. The van der Waals surface area contributed by atoms with Crippen molar-refractivity contribution in [1.29, 1.82) is 0 Å². The molecule has 2 aliphatic rings. The van der Waals surface area contributed by atoms with Crippen molar-refractivity contribution in [2.24, 2.45) is 0 Å². The van der Waals surface area contributed by atoms with Crippen LogP contribution in [0.4, 0.5) is 17.3 Å². The summed E-state index contributed by atoms with van der Waals surface area (Å²) in [5.74, 6) is 1.65. The van der Waals surface area contributed by atoms with Crippen LogP contribution in [0.3, 0.4) is 0 Å². The SMILES string of the molecule is CN(C)c1cnc2c(c1)OCCN2c1ccc2cnc(CNC(=O)c3ccc4c(c3)S(=O)(=O)CCOC4)cc2n1. The number of hydrogen-bond acceptors (Lipinski definition) is 10. The molecule has 0 radical (unpaired) electrons. The molecule has 5 heterocycles. The molecule has 40 heavy (non-hydrogen) atoms. The number of pyridine rings is 3. The Balaban J connectivity index is 1.21. The maximum absolute atomic E-state index is 12.9. The van der Waals surface area contributed by atoms with Crippen LogP contribution >= 0.6 is 0 Å². The van der Waals surface area contributed by atoms with Gasteiger partial charge in [-0.3, -0.25) is 9.78 Å². The van der Waals surface area contributed by atoms with Gasteiger partial charge in [-0.2, -0.15) is 0 Å². The molecule has 0 saturated carbocycles. The number of nitrogens with zero attached hydrogens (tertiary/aromatic N) is 5. The highest BCUT2D eigenvalue weighted by atomic mass is 32.2. The predicted molar refractivity (Wildman–Crippen MR) is 150 cm³/mol. The van der Waals surface area contributed by atoms with Crippen LogP contribution in [0.25, 0.3) is 10.9 Å². The number of hydrogen-bond donors (Lipinski definition) is 1. The van der Waals surface area contributed by atoms with Crippen LogP contribution in [0.1, 0.15) is 21.6 Å². The molecule has 1 amide bonds. The van der Waals surface area contributed by atoms with Gasteiger partial charge in [0.1, 0.15) is 12.4 Å². The molecule has 0 unspecified atom stereocenters. The third-order valence-electron chi connectivity index (χ3n) is 6.90. The van der Waals surface area contributed by atoms with Crippen molar-refractivity contribution in [2.45, 2.75) is 18.0 Å². The number of rotatable bonds is 5. The van der Waals surface area contributed by atoms with E-state index in [-0.39, 0.29) is 41.9 Å². The smallest absolute Gasteiger partial charge is 0.251 e. The molecule has 1 aromatic carbocycles. The van der Waals surface area contributed by atoms with E-state index in [0.717, 1.165) is 22.4 Å². The number of amides is 1. The highest BCUT2D eigenvalue weighted by Gasteiger charge is 2.25. The number of ether oxygens (including phenoxy) is 2. The molecule has 0 fully saturated rings. The zero-order valence-electron chi connectivity index (χ0n) is 22.1. The molecule has 3 aromatic heterocycles. The van der Waals surface area contributed by atoms with Crippen molar-refractivity contribution >= 4 is 44.0 Å². The van der Waals surface area contributed by atoms with Gasteiger partial charge in [0.05, 0.1) is 60.0 Å². The lowest BCUT2D eigenvalue weighted by atomic mass is 10.1. The lowest BCUT2D eigenvalue weighted by molar-refractivity contribution is 0.0950. The maximum atomic E-state index is 12.9. The van der Waals surface area contributed by atoms with E-state index in [9.17, 15) is 13.2 Å². The second-order valence-corrected chi connectivity index (χ2v) is 11.9. The van der Waals surface area contributed by atoms with Gasteiger partial charge in [-0.1, -0.05) is 6.07 Å². The molecule has 2 aliphatic heterocycles. The zero-order valence-corrected chi connectivity index (χ0v) is 22.9. The van der Waals surface area contributed by atoms with Crippen LogP contribution in [-0.2, 0) is 27.7 Å². The standard InChI is InChI=1S/C28H28N6O5S/c1-33(2)22-13-24-27(30-16-22)34(7-8-39-24)26-6-5-19-14-29-21(12-23(19)32-26)15-31-28(35)18-3-4-20-17-38-9-10-40(36,37)25(20)11-18/h3-6,11-14,16H,7-10,15,17H2,1-2H3,(H,31,35). The van der Waals surface area contributed by atoms with Crippen molar-refractivity contribution in [3.63, 3.8) is 0 Å². The number of fused-ring (bicyclic) bond motifs is 3. The van der Waals surface area contributed by atoms with E-state index in [1.807, 2.05) is 48.2 Å². The summed E-state index contributed by atoms with van der Waals surface area (Å²) in [6, 6.07) is 12.3. The first-order valence-corrected chi connectivity index (χ1v) is 14.5. The van der Waals surface area contributed by atoms with E-state index < -0.39 is 9.84 Å². The third kappa shape index (κ3) is 5.03. The highest BCUT2D eigenvalue weighted by molar-refractivity contribution is 7.91. The number of anilines is 3. The number of nitrogens with one attached hydrogen (secondary N) is 1. The zero-order chi connectivity index (χ0) is 27.9. The number of benzene rings is 1. The van der Waals surface area contributed by atoms with Crippen LogP contribution in [-0.4, -0.2) is 68.9 Å². The highest BCUT2D eigenvalue weighted by Crippen LogP contribution is 2.36. The van der Waals surface area contributed by atoms with Crippen molar-refractivity contribution in [3.05, 3.63) is 71.7 Å². The van der Waals surface area contributed by atoms with E-state index in [4.69, 9.17) is 14.5 Å². The molecule has 0 bridgehead atoms. The summed E-state index contributed by atoms with van der Waals surface area (Å²) in [6.07, 6.45) is 3.52. The Hall–Kier alpha value is -4.29. The Morgan fingerprint density at radius 1 is 1.07 bits per heavy atom. The van der Waals surface area contributed by atoms with E-state index in [1.165, 1.54) is 6.07 Å². The number of sulfone groups is 1. The van der Waals surface area contributed by atoms with Gasteiger partial charge >= 0.3 is 0 Å². The van der Waals surface area contributed by atoms with E-state index >= 15 is 0 Å². The summed E-state index contributed by atoms with van der Waals surface area (Å²) >= 11 is 0. The molecule has 12 heteroatoms. The predicted octanol–water partition coefficient (Wildman–Crippen LogP) is 2.86. The molecule has 11 nitrogen and oxygen atoms in total. The molecular weight excluding hydrogens is 532 g/mol. The molecular formula is C28H28N6O5S. The van der Waals surface area contributed by atoms with Crippen LogP contribution in [0, 0.1) is 0 Å². The fourth-order valence-electron chi connectivity index (χ4n) is 4.69. The number of carbonyl (C=O) groups excluding carboxylic acids is 1. The van der Waals surface area contributed by atoms with Crippen molar-refractivity contribution in [3.8, 4) is 5.75 Å². The van der Waals surface area contributed by atoms with Crippen LogP contribution < -0.4 is 19.9 Å². The molecule has 0 atom stereocenters. The summed E-state index contributed by atoms with van der Waals surface area (Å²) in [5.41, 5.74) is 3.12. The van der Waals surface area contributed by atoms with Crippen molar-refractivity contribution < 1.29 is 22.7 Å². The number of carbonyl (C=O) groups is 1. The monoisotopic (exact) mass is 560 g/mol. The van der Waals surface area contributed by atoms with Crippen LogP contribution in [0.15, 0.2) is 59.8 Å². The van der Waals surface area contributed by atoms with E-state index in [1.54, 1.807) is 24.5 Å². The van der Waals surface area contributed by atoms with Gasteiger partial charge in [0.2, 0.25) is 0 Å². The topological polar surface area (TPSA) is 127 Å². The number of aromatic nitrogens is 3. The van der Waals surface area contributed by atoms with Crippen LogP contribution in [0.5, 0.6) is 5.75 Å². The van der Waals surface area contributed by atoms with Gasteiger partial charge in [0.25, 0.3) is 5.91 Å². The summed E-state index contributed by atoms with van der Waals surface area (Å²) in [7, 11) is 0.402. The summed E-state index contributed by atoms with van der Waals surface area (Å²) in [6.45, 7) is 1.61. The Kier molecular flexibility index (Phi) is 6.72. The summed E-state index contributed by atoms with van der Waals surface area (Å²) < 4.78 is 36.4. The van der Waals surface area contributed by atoms with Crippen molar-refractivity contribution in [2.75, 3.05) is 49.4 Å². The lowest BCUT2D eigenvalue weighted by Gasteiger charge is -2.30. The maximum Gasteiger partial charge on any atom is 0.251 e. The minimum Gasteiger partial charge on any atom is -0.488 e. The Labute approximate surface area is 231 Å². The normalized spacial score (nSPS) is 15.9. The summed E-state index contributed by atoms with van der Waals surface area (Å²) in [5, 5.41) is 3.70. The molecule has 0 aliphatic carbocycles.